The number of ether oxygens (including phenoxy) is 4. The van der Waals surface area contributed by atoms with Crippen LogP contribution in [0.2, 0.25) is 0 Å². The molecule has 0 aromatic heterocycles. The molecular formula is C78H152O17P2. The molecule has 0 saturated heterocycles. The number of phosphoric acid groups is 2. The first-order chi connectivity index (χ1) is 46.9. The Hall–Kier alpha value is -1.94. The van der Waals surface area contributed by atoms with Crippen molar-refractivity contribution < 1.29 is 80.2 Å². The molecule has 576 valence electrons. The Morgan fingerprint density at radius 1 is 0.278 bits per heavy atom. The minimum Gasteiger partial charge on any atom is -0.462 e. The molecule has 2 unspecified atom stereocenters. The fraction of sp³-hybridized carbons (Fsp3) is 0.949. The summed E-state index contributed by atoms with van der Waals surface area (Å²) in [5.74, 6) is -0.717. The molecule has 0 radical (unpaired) electrons. The van der Waals surface area contributed by atoms with Gasteiger partial charge in [-0.15, -0.1) is 0 Å². The van der Waals surface area contributed by atoms with Gasteiger partial charge in [0.05, 0.1) is 26.4 Å². The molecule has 3 N–H and O–H groups in total. The predicted octanol–water partition coefficient (Wildman–Crippen LogP) is 23.1. The van der Waals surface area contributed by atoms with Crippen molar-refractivity contribution in [3.8, 4) is 0 Å². The van der Waals surface area contributed by atoms with Crippen molar-refractivity contribution in [2.75, 3.05) is 39.6 Å². The van der Waals surface area contributed by atoms with Crippen LogP contribution in [-0.4, -0.2) is 96.7 Å². The van der Waals surface area contributed by atoms with Gasteiger partial charge in [0.1, 0.15) is 19.3 Å². The Bertz CT molecular complexity index is 1870. The molecule has 0 aromatic carbocycles. The van der Waals surface area contributed by atoms with Gasteiger partial charge in [-0.2, -0.15) is 0 Å². The van der Waals surface area contributed by atoms with Gasteiger partial charge in [0, 0.05) is 25.7 Å². The molecule has 17 nitrogen and oxygen atoms in total. The number of hydrogen-bond donors (Lipinski definition) is 3. The fourth-order valence-electron chi connectivity index (χ4n) is 12.0. The maximum absolute atomic E-state index is 13.1. The van der Waals surface area contributed by atoms with Crippen LogP contribution < -0.4 is 0 Å². The minimum absolute atomic E-state index is 0.103. The van der Waals surface area contributed by atoms with E-state index in [2.05, 4.69) is 41.5 Å². The smallest absolute Gasteiger partial charge is 0.462 e. The van der Waals surface area contributed by atoms with Crippen LogP contribution in [0.15, 0.2) is 0 Å². The molecule has 0 aromatic rings. The summed E-state index contributed by atoms with van der Waals surface area (Å²) in [4.78, 5) is 72.8. The second-order valence-corrected chi connectivity index (χ2v) is 32.0. The van der Waals surface area contributed by atoms with Crippen molar-refractivity contribution in [1.29, 1.82) is 0 Å². The lowest BCUT2D eigenvalue weighted by Crippen LogP contribution is -2.30. The van der Waals surface area contributed by atoms with E-state index in [0.717, 1.165) is 96.3 Å². The van der Waals surface area contributed by atoms with Gasteiger partial charge in [-0.05, 0) is 37.5 Å². The molecule has 5 atom stereocenters. The van der Waals surface area contributed by atoms with E-state index < -0.39 is 97.5 Å². The normalized spacial score (nSPS) is 14.0. The van der Waals surface area contributed by atoms with E-state index in [1.54, 1.807) is 0 Å². The zero-order valence-electron chi connectivity index (χ0n) is 63.4. The molecule has 0 aliphatic rings. The van der Waals surface area contributed by atoms with Crippen LogP contribution in [0.4, 0.5) is 0 Å². The zero-order chi connectivity index (χ0) is 71.4. The van der Waals surface area contributed by atoms with Crippen molar-refractivity contribution in [1.82, 2.24) is 0 Å². The number of rotatable bonds is 77. The van der Waals surface area contributed by atoms with Gasteiger partial charge >= 0.3 is 39.5 Å². The van der Waals surface area contributed by atoms with Crippen molar-refractivity contribution in [3.63, 3.8) is 0 Å². The minimum atomic E-state index is -4.96. The maximum atomic E-state index is 13.1. The van der Waals surface area contributed by atoms with Crippen LogP contribution in [0.5, 0.6) is 0 Å². The van der Waals surface area contributed by atoms with E-state index in [9.17, 15) is 43.2 Å². The third-order valence-electron chi connectivity index (χ3n) is 18.2. The summed E-state index contributed by atoms with van der Waals surface area (Å²) < 4.78 is 68.5. The average Bonchev–Trinajstić information content (AvgIpc) is 1.35. The highest BCUT2D eigenvalue weighted by atomic mass is 31.2. The first-order valence-electron chi connectivity index (χ1n) is 40.5. The maximum Gasteiger partial charge on any atom is 0.472 e. The number of unbranched alkanes of at least 4 members (excludes halogenated alkanes) is 47. The number of carbonyl (C=O) groups excluding carboxylic acids is 4. The molecule has 0 spiro atoms. The molecule has 19 heteroatoms. The number of carbonyl (C=O) groups is 4. The summed E-state index contributed by atoms with van der Waals surface area (Å²) in [7, 11) is -9.91. The van der Waals surface area contributed by atoms with E-state index in [-0.39, 0.29) is 25.7 Å². The van der Waals surface area contributed by atoms with Gasteiger partial charge in [0.15, 0.2) is 12.2 Å². The highest BCUT2D eigenvalue weighted by Crippen LogP contribution is 2.45. The molecule has 0 aliphatic carbocycles. The Kier molecular flexibility index (Phi) is 68.4. The van der Waals surface area contributed by atoms with Crippen molar-refractivity contribution in [2.24, 2.45) is 11.8 Å². The standard InChI is InChI=1S/C78H152O17P2/c1-7-9-11-13-15-17-19-21-23-25-26-27-29-31-33-35-37-43-50-56-62-77(82)94-73(66-88-75(80)60-54-48-42-36-34-32-30-28-24-22-20-18-16-14-12-10-8-2)68-92-96(84,85)90-64-72(79)65-91-97(86,87)93-69-74(95-78(83)63-57-51-45-39-41-47-53-59-71(5)6)67-89-76(81)61-55-49-44-38-40-46-52-58-70(3)4/h70-74,79H,7-69H2,1-6H3,(H,84,85)(H,86,87)/t72-,73-,74-/m1/s1. The van der Waals surface area contributed by atoms with E-state index in [0.29, 0.717) is 37.5 Å². The van der Waals surface area contributed by atoms with Gasteiger partial charge in [-0.1, -0.05) is 356 Å². The number of aliphatic hydroxyl groups excluding tert-OH is 1. The van der Waals surface area contributed by atoms with Crippen LogP contribution in [0.3, 0.4) is 0 Å². The van der Waals surface area contributed by atoms with Crippen molar-refractivity contribution >= 4 is 39.5 Å². The van der Waals surface area contributed by atoms with Gasteiger partial charge < -0.3 is 33.8 Å². The van der Waals surface area contributed by atoms with Crippen molar-refractivity contribution in [3.05, 3.63) is 0 Å². The van der Waals surface area contributed by atoms with Gasteiger partial charge in [0.25, 0.3) is 0 Å². The Balaban J connectivity index is 5.20. The lowest BCUT2D eigenvalue weighted by Gasteiger charge is -2.21. The summed E-state index contributed by atoms with van der Waals surface area (Å²) in [6.07, 6.45) is 58.6. The topological polar surface area (TPSA) is 237 Å². The average molecular weight is 1420 g/mol. The second-order valence-electron chi connectivity index (χ2n) is 29.1. The quantitative estimate of drug-likeness (QED) is 0.0222. The number of phosphoric ester groups is 2. The zero-order valence-corrected chi connectivity index (χ0v) is 65.2. The number of esters is 4. The third kappa shape index (κ3) is 72.2. The highest BCUT2D eigenvalue weighted by molar-refractivity contribution is 7.47. The van der Waals surface area contributed by atoms with E-state index in [1.807, 2.05) is 0 Å². The van der Waals surface area contributed by atoms with Crippen LogP contribution in [0.25, 0.3) is 0 Å². The third-order valence-corrected chi connectivity index (χ3v) is 20.1. The van der Waals surface area contributed by atoms with Gasteiger partial charge in [0.2, 0.25) is 0 Å². The molecule has 0 fully saturated rings. The predicted molar refractivity (Wildman–Crippen MR) is 395 cm³/mol. The monoisotopic (exact) mass is 1420 g/mol. The first-order valence-corrected chi connectivity index (χ1v) is 43.5. The summed E-state index contributed by atoms with van der Waals surface area (Å²) in [6.45, 7) is 9.49. The van der Waals surface area contributed by atoms with Crippen LogP contribution in [-0.2, 0) is 65.4 Å². The lowest BCUT2D eigenvalue weighted by molar-refractivity contribution is -0.161. The molecular weight excluding hydrogens is 1270 g/mol. The molecule has 97 heavy (non-hydrogen) atoms. The first kappa shape index (κ1) is 95.1. The Morgan fingerprint density at radius 3 is 0.701 bits per heavy atom. The summed E-state index contributed by atoms with van der Waals surface area (Å²) >= 11 is 0. The van der Waals surface area contributed by atoms with Crippen molar-refractivity contribution in [2.45, 2.75) is 426 Å². The molecule has 0 amide bonds. The SMILES string of the molecule is CCCCCCCCCCCCCCCCCCCCCCC(=O)O[C@H](COC(=O)CCCCCCCCCCCCCCCCCCC)COP(=O)(O)OC[C@@H](O)COP(=O)(O)OC[C@@H](COC(=O)CCCCCCCCCC(C)C)OC(=O)CCCCCCCCCC(C)C. The highest BCUT2D eigenvalue weighted by Gasteiger charge is 2.30. The summed E-state index contributed by atoms with van der Waals surface area (Å²) in [6, 6.07) is 0. The number of aliphatic hydroxyl groups is 1. The summed E-state index contributed by atoms with van der Waals surface area (Å²) in [5, 5.41) is 10.6. The van der Waals surface area contributed by atoms with Gasteiger partial charge in [-0.3, -0.25) is 37.3 Å². The van der Waals surface area contributed by atoms with Crippen LogP contribution in [0, 0.1) is 11.8 Å². The lowest BCUT2D eigenvalue weighted by atomic mass is 10.0. The molecule has 0 rings (SSSR count). The molecule has 0 bridgehead atoms. The van der Waals surface area contributed by atoms with E-state index in [1.165, 1.54) is 218 Å². The molecule has 0 heterocycles. The molecule has 0 aliphatic heterocycles. The summed E-state index contributed by atoms with van der Waals surface area (Å²) in [5.41, 5.74) is 0. The van der Waals surface area contributed by atoms with E-state index >= 15 is 0 Å². The fourth-order valence-corrected chi connectivity index (χ4v) is 13.6. The molecule has 0 saturated carbocycles. The Morgan fingerprint density at radius 2 is 0.474 bits per heavy atom. The second kappa shape index (κ2) is 69.8. The van der Waals surface area contributed by atoms with Gasteiger partial charge in [-0.25, -0.2) is 9.13 Å². The van der Waals surface area contributed by atoms with Crippen LogP contribution >= 0.6 is 15.6 Å². The Labute approximate surface area is 594 Å². The van der Waals surface area contributed by atoms with Crippen LogP contribution in [0.1, 0.15) is 408 Å². The number of hydrogen-bond acceptors (Lipinski definition) is 15. The van der Waals surface area contributed by atoms with E-state index in [4.69, 9.17) is 37.0 Å². The largest absolute Gasteiger partial charge is 0.472 e.